The highest BCUT2D eigenvalue weighted by Crippen LogP contribution is 2.29. The zero-order valence-corrected chi connectivity index (χ0v) is 21.5. The van der Waals surface area contributed by atoms with Crippen LogP contribution in [-0.4, -0.2) is 39.4 Å². The number of hydrogen-bond acceptors (Lipinski definition) is 7. The summed E-state index contributed by atoms with van der Waals surface area (Å²) in [5.74, 6) is 1.73. The first-order valence-electron chi connectivity index (χ1n) is 11.5. The van der Waals surface area contributed by atoms with E-state index in [0.29, 0.717) is 33.9 Å². The van der Waals surface area contributed by atoms with E-state index in [1.54, 1.807) is 31.4 Å². The van der Waals surface area contributed by atoms with Crippen molar-refractivity contribution in [3.05, 3.63) is 84.7 Å². The summed E-state index contributed by atoms with van der Waals surface area (Å²) < 4.78 is 13.3. The van der Waals surface area contributed by atoms with E-state index in [9.17, 15) is 9.59 Å². The summed E-state index contributed by atoms with van der Waals surface area (Å²) in [4.78, 5) is 23.8. The first-order valence-corrected chi connectivity index (χ1v) is 12.5. The number of nitrogens with zero attached hydrogens (tertiary/aromatic N) is 3. The molecule has 2 amide bonds. The summed E-state index contributed by atoms with van der Waals surface area (Å²) >= 11 is 1.28. The van der Waals surface area contributed by atoms with Gasteiger partial charge in [0.15, 0.2) is 17.1 Å². The molecule has 0 aliphatic rings. The van der Waals surface area contributed by atoms with E-state index in [-0.39, 0.29) is 17.6 Å². The Morgan fingerprint density at radius 2 is 1.59 bits per heavy atom. The standard InChI is InChI=1S/C27H27N5O4S/c1-18(36-24-11-7-10-23(16-24)35-3)26-30-31-27(32(26)22-8-5-4-6-9-22)37-17-25(34)29-21-14-12-20(13-15-21)28-19(2)33/h4-16,18H,17H2,1-3H3,(H,28,33)(H,29,34). The minimum absolute atomic E-state index is 0.129. The fourth-order valence-electron chi connectivity index (χ4n) is 3.56. The third-order valence-electron chi connectivity index (χ3n) is 5.21. The van der Waals surface area contributed by atoms with Gasteiger partial charge in [-0.2, -0.15) is 0 Å². The van der Waals surface area contributed by atoms with Gasteiger partial charge in [0, 0.05) is 30.1 Å². The van der Waals surface area contributed by atoms with Crippen molar-refractivity contribution < 1.29 is 19.1 Å². The second-order valence-electron chi connectivity index (χ2n) is 8.05. The predicted molar refractivity (Wildman–Crippen MR) is 143 cm³/mol. The van der Waals surface area contributed by atoms with E-state index < -0.39 is 6.10 Å². The molecule has 0 radical (unpaired) electrons. The lowest BCUT2D eigenvalue weighted by molar-refractivity contribution is -0.114. The van der Waals surface area contributed by atoms with Crippen LogP contribution in [0.25, 0.3) is 5.69 Å². The summed E-state index contributed by atoms with van der Waals surface area (Å²) in [7, 11) is 1.61. The SMILES string of the molecule is COc1cccc(OC(C)c2nnc(SCC(=O)Nc3ccc(NC(C)=O)cc3)n2-c2ccccc2)c1. The van der Waals surface area contributed by atoms with Crippen molar-refractivity contribution in [2.45, 2.75) is 25.1 Å². The largest absolute Gasteiger partial charge is 0.497 e. The number of nitrogens with one attached hydrogen (secondary N) is 2. The molecule has 1 heterocycles. The summed E-state index contributed by atoms with van der Waals surface area (Å²) in [6.07, 6.45) is -0.426. The summed E-state index contributed by atoms with van der Waals surface area (Å²) in [6, 6.07) is 24.0. The molecule has 0 saturated heterocycles. The minimum Gasteiger partial charge on any atom is -0.497 e. The lowest BCUT2D eigenvalue weighted by atomic mass is 10.3. The molecule has 1 unspecified atom stereocenters. The van der Waals surface area contributed by atoms with Crippen LogP contribution in [0, 0.1) is 0 Å². The van der Waals surface area contributed by atoms with Gasteiger partial charge in [0.1, 0.15) is 11.5 Å². The molecule has 0 spiro atoms. The van der Waals surface area contributed by atoms with Crippen molar-refractivity contribution in [1.29, 1.82) is 0 Å². The number of carbonyl (C=O) groups is 2. The molecule has 0 fully saturated rings. The van der Waals surface area contributed by atoms with Crippen LogP contribution in [0.4, 0.5) is 11.4 Å². The summed E-state index contributed by atoms with van der Waals surface area (Å²) in [6.45, 7) is 3.34. The van der Waals surface area contributed by atoms with Crippen LogP contribution in [0.2, 0.25) is 0 Å². The van der Waals surface area contributed by atoms with Crippen molar-refractivity contribution >= 4 is 35.0 Å². The average Bonchev–Trinajstić information content (AvgIpc) is 3.33. The maximum absolute atomic E-state index is 12.6. The Kier molecular flexibility index (Phi) is 8.42. The summed E-state index contributed by atoms with van der Waals surface area (Å²) in [5.41, 5.74) is 2.15. The fraction of sp³-hybridized carbons (Fsp3) is 0.185. The number of methoxy groups -OCH3 is 1. The van der Waals surface area contributed by atoms with Crippen molar-refractivity contribution in [2.24, 2.45) is 0 Å². The van der Waals surface area contributed by atoms with Crippen LogP contribution in [0.15, 0.2) is 84.0 Å². The first kappa shape index (κ1) is 25.8. The molecule has 4 rings (SSSR count). The molecule has 3 aromatic carbocycles. The maximum atomic E-state index is 12.6. The van der Waals surface area contributed by atoms with E-state index >= 15 is 0 Å². The van der Waals surface area contributed by atoms with Crippen LogP contribution in [0.1, 0.15) is 25.8 Å². The van der Waals surface area contributed by atoms with Gasteiger partial charge in [-0.25, -0.2) is 0 Å². The van der Waals surface area contributed by atoms with E-state index in [1.165, 1.54) is 18.7 Å². The second-order valence-corrected chi connectivity index (χ2v) is 8.99. The van der Waals surface area contributed by atoms with Gasteiger partial charge < -0.3 is 20.1 Å². The van der Waals surface area contributed by atoms with E-state index in [4.69, 9.17) is 9.47 Å². The van der Waals surface area contributed by atoms with Gasteiger partial charge >= 0.3 is 0 Å². The zero-order chi connectivity index (χ0) is 26.2. The van der Waals surface area contributed by atoms with Gasteiger partial charge in [-0.1, -0.05) is 36.0 Å². The molecule has 10 heteroatoms. The predicted octanol–water partition coefficient (Wildman–Crippen LogP) is 5.11. The molecule has 0 aliphatic carbocycles. The Hall–Kier alpha value is -4.31. The number of rotatable bonds is 10. The van der Waals surface area contributed by atoms with Crippen molar-refractivity contribution in [2.75, 3.05) is 23.5 Å². The molecular formula is C27H27N5O4S. The number of benzene rings is 3. The molecule has 4 aromatic rings. The molecule has 37 heavy (non-hydrogen) atoms. The van der Waals surface area contributed by atoms with Gasteiger partial charge in [-0.05, 0) is 55.5 Å². The highest BCUT2D eigenvalue weighted by Gasteiger charge is 2.22. The maximum Gasteiger partial charge on any atom is 0.234 e. The molecule has 190 valence electrons. The Labute approximate surface area is 219 Å². The number of para-hydroxylation sites is 1. The van der Waals surface area contributed by atoms with Crippen LogP contribution in [0.5, 0.6) is 11.5 Å². The third-order valence-corrected chi connectivity index (χ3v) is 6.14. The molecule has 0 aliphatic heterocycles. The first-order chi connectivity index (χ1) is 17.9. The molecule has 2 N–H and O–H groups in total. The molecule has 0 saturated carbocycles. The molecule has 1 atom stereocenters. The van der Waals surface area contributed by atoms with Crippen LogP contribution >= 0.6 is 11.8 Å². The number of carbonyl (C=O) groups excluding carboxylic acids is 2. The van der Waals surface area contributed by atoms with Gasteiger partial charge in [-0.3, -0.25) is 14.2 Å². The Morgan fingerprint density at radius 1 is 0.919 bits per heavy atom. The van der Waals surface area contributed by atoms with Crippen LogP contribution in [0.3, 0.4) is 0 Å². The average molecular weight is 518 g/mol. The highest BCUT2D eigenvalue weighted by atomic mass is 32.2. The highest BCUT2D eigenvalue weighted by molar-refractivity contribution is 7.99. The number of anilines is 2. The van der Waals surface area contributed by atoms with Crippen molar-refractivity contribution in [1.82, 2.24) is 14.8 Å². The van der Waals surface area contributed by atoms with Crippen molar-refractivity contribution in [3.63, 3.8) is 0 Å². The third kappa shape index (κ3) is 6.89. The Morgan fingerprint density at radius 3 is 2.27 bits per heavy atom. The minimum atomic E-state index is -0.426. The number of aromatic nitrogens is 3. The van der Waals surface area contributed by atoms with Crippen LogP contribution < -0.4 is 20.1 Å². The Bertz CT molecular complexity index is 1360. The molecule has 0 bridgehead atoms. The van der Waals surface area contributed by atoms with Gasteiger partial charge in [-0.15, -0.1) is 10.2 Å². The van der Waals surface area contributed by atoms with Gasteiger partial charge in [0.2, 0.25) is 11.8 Å². The fourth-order valence-corrected chi connectivity index (χ4v) is 4.32. The number of hydrogen-bond donors (Lipinski definition) is 2. The van der Waals surface area contributed by atoms with Gasteiger partial charge in [0.05, 0.1) is 12.9 Å². The lowest BCUT2D eigenvalue weighted by Gasteiger charge is -2.17. The quantitative estimate of drug-likeness (QED) is 0.282. The topological polar surface area (TPSA) is 107 Å². The van der Waals surface area contributed by atoms with Crippen molar-refractivity contribution in [3.8, 4) is 17.2 Å². The van der Waals surface area contributed by atoms with E-state index in [1.807, 2.05) is 66.1 Å². The Balaban J connectivity index is 1.48. The normalized spacial score (nSPS) is 11.4. The van der Waals surface area contributed by atoms with E-state index in [0.717, 1.165) is 5.69 Å². The number of ether oxygens (including phenoxy) is 2. The monoisotopic (exact) mass is 517 g/mol. The molecule has 1 aromatic heterocycles. The zero-order valence-electron chi connectivity index (χ0n) is 20.7. The smallest absolute Gasteiger partial charge is 0.234 e. The number of thioether (sulfide) groups is 1. The van der Waals surface area contributed by atoms with Gasteiger partial charge in [0.25, 0.3) is 0 Å². The molecular weight excluding hydrogens is 490 g/mol. The summed E-state index contributed by atoms with van der Waals surface area (Å²) in [5, 5.41) is 14.9. The van der Waals surface area contributed by atoms with Crippen LogP contribution in [-0.2, 0) is 9.59 Å². The molecule has 9 nitrogen and oxygen atoms in total. The van der Waals surface area contributed by atoms with E-state index in [2.05, 4.69) is 20.8 Å². The lowest BCUT2D eigenvalue weighted by Crippen LogP contribution is -2.15. The number of amides is 2. The second kappa shape index (κ2) is 12.1.